The Hall–Kier alpha value is -4.19. The van der Waals surface area contributed by atoms with Crippen LogP contribution in [0.2, 0.25) is 5.02 Å². The highest BCUT2D eigenvalue weighted by molar-refractivity contribution is 6.34. The third-order valence-corrected chi connectivity index (χ3v) is 6.34. The van der Waals surface area contributed by atoms with Crippen molar-refractivity contribution in [3.05, 3.63) is 63.6 Å². The summed E-state index contributed by atoms with van der Waals surface area (Å²) in [5.74, 6) is -0.812. The third kappa shape index (κ3) is 6.45. The Morgan fingerprint density at radius 3 is 2.51 bits per heavy atom. The summed E-state index contributed by atoms with van der Waals surface area (Å²) < 4.78 is 18.1. The van der Waals surface area contributed by atoms with Gasteiger partial charge in [-0.1, -0.05) is 17.7 Å². The Balaban J connectivity index is 1.59. The van der Waals surface area contributed by atoms with Crippen LogP contribution in [0, 0.1) is 10.1 Å². The molecule has 0 bridgehead atoms. The van der Waals surface area contributed by atoms with Crippen LogP contribution in [0.25, 0.3) is 11.1 Å². The Kier molecular flexibility index (Phi) is 8.05. The topological polar surface area (TPSA) is 139 Å². The fourth-order valence-electron chi connectivity index (χ4n) is 4.16. The lowest BCUT2D eigenvalue weighted by Gasteiger charge is -2.33. The molecule has 2 aromatic heterocycles. The molecule has 3 aromatic rings. The van der Waals surface area contributed by atoms with Crippen LogP contribution in [0.3, 0.4) is 0 Å². The summed E-state index contributed by atoms with van der Waals surface area (Å²) in [4.78, 5) is 41.1. The molecular weight excluding hydrogens is 530 g/mol. The van der Waals surface area contributed by atoms with Crippen molar-refractivity contribution in [1.82, 2.24) is 19.7 Å². The van der Waals surface area contributed by atoms with Crippen molar-refractivity contribution in [2.24, 2.45) is 0 Å². The van der Waals surface area contributed by atoms with Gasteiger partial charge in [0.25, 0.3) is 0 Å². The highest BCUT2D eigenvalue weighted by Crippen LogP contribution is 2.38. The average Bonchev–Trinajstić information content (AvgIpc) is 3.38. The van der Waals surface area contributed by atoms with Crippen LogP contribution in [0.15, 0.2) is 42.9 Å². The summed E-state index contributed by atoms with van der Waals surface area (Å²) >= 11 is 6.21. The number of rotatable bonds is 6. The van der Waals surface area contributed by atoms with E-state index in [0.717, 1.165) is 0 Å². The number of aromatic nitrogens is 3. The van der Waals surface area contributed by atoms with Gasteiger partial charge in [0.05, 0.1) is 24.4 Å². The molecule has 0 spiro atoms. The summed E-state index contributed by atoms with van der Waals surface area (Å²) in [5, 5.41) is 16.1. The summed E-state index contributed by atoms with van der Waals surface area (Å²) in [5.41, 5.74) is 0.343. The van der Waals surface area contributed by atoms with E-state index < -0.39 is 16.5 Å². The lowest BCUT2D eigenvalue weighted by Crippen LogP contribution is -2.42. The van der Waals surface area contributed by atoms with Crippen LogP contribution < -0.4 is 4.74 Å². The molecule has 0 unspecified atom stereocenters. The van der Waals surface area contributed by atoms with Crippen LogP contribution in [-0.4, -0.2) is 62.5 Å². The highest BCUT2D eigenvalue weighted by Gasteiger charge is 2.28. The molecule has 0 saturated carbocycles. The number of ether oxygens (including phenoxy) is 3. The van der Waals surface area contributed by atoms with Crippen LogP contribution >= 0.6 is 11.6 Å². The number of carbonyl (C=O) groups is 2. The Labute approximate surface area is 229 Å². The molecule has 4 rings (SSSR count). The van der Waals surface area contributed by atoms with Crippen LogP contribution in [0.5, 0.6) is 11.5 Å². The molecule has 1 amide bonds. The number of piperidine rings is 1. The standard InChI is InChI=1S/C26H28ClN5O7/c1-26(2,3)39-25(34)30-10-8-17(9-11-30)31-15-16(13-29-31)18-12-22(32(35)36)28-14-21(18)38-20-7-5-6-19(27)23(20)24(33)37-4/h5-7,12-15,17H,8-11H2,1-4H3. The van der Waals surface area contributed by atoms with Crippen molar-refractivity contribution in [2.45, 2.75) is 45.3 Å². The second-order valence-corrected chi connectivity index (χ2v) is 10.3. The van der Waals surface area contributed by atoms with E-state index in [0.29, 0.717) is 37.1 Å². The van der Waals surface area contributed by atoms with E-state index in [4.69, 9.17) is 25.8 Å². The van der Waals surface area contributed by atoms with Crippen molar-refractivity contribution >= 4 is 29.5 Å². The zero-order valence-electron chi connectivity index (χ0n) is 21.9. The molecular formula is C26H28ClN5O7. The van der Waals surface area contributed by atoms with Gasteiger partial charge in [-0.3, -0.25) is 4.68 Å². The summed E-state index contributed by atoms with van der Waals surface area (Å²) in [6.45, 7) is 6.50. The summed E-state index contributed by atoms with van der Waals surface area (Å²) in [6.07, 6.45) is 5.52. The number of likely N-dealkylation sites (tertiary alicyclic amines) is 1. The minimum atomic E-state index is -0.697. The first-order chi connectivity index (χ1) is 18.5. The minimum absolute atomic E-state index is 0.0116. The first-order valence-corrected chi connectivity index (χ1v) is 12.6. The van der Waals surface area contributed by atoms with Gasteiger partial charge in [-0.15, -0.1) is 0 Å². The molecule has 1 aromatic carbocycles. The van der Waals surface area contributed by atoms with Crippen molar-refractivity contribution in [1.29, 1.82) is 0 Å². The maximum Gasteiger partial charge on any atom is 0.410 e. The van der Waals surface area contributed by atoms with Crippen LogP contribution in [0.1, 0.15) is 50.0 Å². The molecule has 0 atom stereocenters. The largest absolute Gasteiger partial charge is 0.465 e. The molecule has 1 fully saturated rings. The van der Waals surface area contributed by atoms with Gasteiger partial charge in [0.1, 0.15) is 16.9 Å². The number of esters is 1. The number of pyridine rings is 1. The van der Waals surface area contributed by atoms with Crippen molar-refractivity contribution in [3.63, 3.8) is 0 Å². The number of nitro groups is 1. The van der Waals surface area contributed by atoms with Gasteiger partial charge in [-0.2, -0.15) is 5.10 Å². The molecule has 1 saturated heterocycles. The monoisotopic (exact) mass is 557 g/mol. The van der Waals surface area contributed by atoms with E-state index >= 15 is 0 Å². The molecule has 0 N–H and O–H groups in total. The predicted octanol–water partition coefficient (Wildman–Crippen LogP) is 5.66. The Morgan fingerprint density at radius 2 is 1.87 bits per heavy atom. The maximum absolute atomic E-state index is 12.4. The van der Waals surface area contributed by atoms with Gasteiger partial charge in [-0.05, 0) is 55.7 Å². The predicted molar refractivity (Wildman–Crippen MR) is 141 cm³/mol. The number of hydrogen-bond acceptors (Lipinski definition) is 9. The first-order valence-electron chi connectivity index (χ1n) is 12.2. The fourth-order valence-corrected chi connectivity index (χ4v) is 4.41. The van der Waals surface area contributed by atoms with Crippen molar-refractivity contribution in [3.8, 4) is 22.6 Å². The summed E-state index contributed by atoms with van der Waals surface area (Å²) in [6, 6.07) is 5.95. The zero-order chi connectivity index (χ0) is 28.3. The van der Waals surface area contributed by atoms with Crippen LogP contribution in [-0.2, 0) is 9.47 Å². The number of carbonyl (C=O) groups excluding carboxylic acids is 2. The molecule has 206 valence electrons. The van der Waals surface area contributed by atoms with E-state index in [-0.39, 0.29) is 40.0 Å². The third-order valence-electron chi connectivity index (χ3n) is 6.03. The Morgan fingerprint density at radius 1 is 1.15 bits per heavy atom. The number of benzene rings is 1. The van der Waals surface area contributed by atoms with Crippen molar-refractivity contribution < 1.29 is 28.7 Å². The number of halogens is 1. The minimum Gasteiger partial charge on any atom is -0.465 e. The number of hydrogen-bond donors (Lipinski definition) is 0. The maximum atomic E-state index is 12.4. The lowest BCUT2D eigenvalue weighted by molar-refractivity contribution is -0.389. The van der Waals surface area contributed by atoms with Crippen LogP contribution in [0.4, 0.5) is 10.6 Å². The smallest absolute Gasteiger partial charge is 0.410 e. The Bertz CT molecular complexity index is 1390. The number of nitrogens with zero attached hydrogens (tertiary/aromatic N) is 5. The normalized spacial score (nSPS) is 14.1. The van der Waals surface area contributed by atoms with Gasteiger partial charge < -0.3 is 29.2 Å². The second kappa shape index (κ2) is 11.3. The highest BCUT2D eigenvalue weighted by atomic mass is 35.5. The van der Waals surface area contributed by atoms with Gasteiger partial charge in [-0.25, -0.2) is 9.59 Å². The molecule has 3 heterocycles. The molecule has 1 aliphatic rings. The van der Waals surface area contributed by atoms with Gasteiger partial charge in [0.2, 0.25) is 0 Å². The first kappa shape index (κ1) is 27.8. The average molecular weight is 558 g/mol. The summed E-state index contributed by atoms with van der Waals surface area (Å²) in [7, 11) is 1.22. The van der Waals surface area contributed by atoms with Gasteiger partial charge in [0.15, 0.2) is 11.9 Å². The van der Waals surface area contributed by atoms with E-state index in [1.54, 1.807) is 28.0 Å². The fraction of sp³-hybridized carbons (Fsp3) is 0.385. The van der Waals surface area contributed by atoms with E-state index in [1.165, 1.54) is 31.5 Å². The molecule has 0 radical (unpaired) electrons. The molecule has 39 heavy (non-hydrogen) atoms. The van der Waals surface area contributed by atoms with Crippen molar-refractivity contribution in [2.75, 3.05) is 20.2 Å². The molecule has 12 nitrogen and oxygen atoms in total. The van der Waals surface area contributed by atoms with E-state index in [9.17, 15) is 19.7 Å². The molecule has 13 heteroatoms. The van der Waals surface area contributed by atoms with E-state index in [2.05, 4.69) is 10.1 Å². The quantitative estimate of drug-likeness (QED) is 0.213. The van der Waals surface area contributed by atoms with Gasteiger partial charge >= 0.3 is 17.9 Å². The second-order valence-electron chi connectivity index (χ2n) is 9.91. The molecule has 1 aliphatic heterocycles. The number of amides is 1. The lowest BCUT2D eigenvalue weighted by atomic mass is 10.1. The number of methoxy groups -OCH3 is 1. The van der Waals surface area contributed by atoms with E-state index in [1.807, 2.05) is 20.8 Å². The SMILES string of the molecule is COC(=O)c1c(Cl)cccc1Oc1cnc([N+](=O)[O-])cc1-c1cnn(C2CCN(C(=O)OC(C)(C)C)CC2)c1. The molecule has 0 aliphatic carbocycles. The van der Waals surface area contributed by atoms with Gasteiger partial charge in [0, 0.05) is 36.5 Å². The zero-order valence-corrected chi connectivity index (χ0v) is 22.7.